The molecule has 2 heterocycles. The van der Waals surface area contributed by atoms with Gasteiger partial charge in [0.2, 0.25) is 0 Å². The lowest BCUT2D eigenvalue weighted by Crippen LogP contribution is -2.83. The van der Waals surface area contributed by atoms with Crippen molar-refractivity contribution in [1.29, 1.82) is 0 Å². The van der Waals surface area contributed by atoms with Crippen LogP contribution in [0.3, 0.4) is 0 Å². The van der Waals surface area contributed by atoms with Gasteiger partial charge in [-0.3, -0.25) is 4.90 Å². The highest BCUT2D eigenvalue weighted by Crippen LogP contribution is 2.78. The number of ether oxygens (including phenoxy) is 3. The summed E-state index contributed by atoms with van der Waals surface area (Å²) in [6.45, 7) is 13.9. The average molecular weight is 611 g/mol. The third-order valence-corrected chi connectivity index (χ3v) is 13.3. The van der Waals surface area contributed by atoms with Gasteiger partial charge in [0, 0.05) is 42.0 Å². The Morgan fingerprint density at radius 3 is 2.50 bits per heavy atom. The number of aliphatic carboxylic acids is 1. The van der Waals surface area contributed by atoms with Crippen molar-refractivity contribution in [3.05, 3.63) is 23.3 Å². The molecule has 3 N–H and O–H groups in total. The third kappa shape index (κ3) is 3.81. The Morgan fingerprint density at radius 1 is 1.16 bits per heavy atom. The van der Waals surface area contributed by atoms with Crippen LogP contribution >= 0.6 is 0 Å². The molecule has 242 valence electrons. The number of carbonyl (C=O) groups is 2. The molecule has 0 radical (unpaired) electrons. The highest BCUT2D eigenvalue weighted by molar-refractivity contribution is 5.81. The van der Waals surface area contributed by atoms with Crippen LogP contribution in [0.4, 0.5) is 4.79 Å². The summed E-state index contributed by atoms with van der Waals surface area (Å²) in [6.07, 6.45) is 5.97. The molecule has 2 spiro atoms. The fraction of sp³-hybridized carbons (Fsp3) is 0.771. The number of amides is 1. The molecule has 1 saturated heterocycles. The summed E-state index contributed by atoms with van der Waals surface area (Å²) >= 11 is 0. The number of nitrogens with one attached hydrogen (secondary N) is 1. The number of carbonyl (C=O) groups excluding carboxylic acids is 1. The number of nitrogens with zero attached hydrogens (tertiary/aromatic N) is 1. The van der Waals surface area contributed by atoms with Crippen molar-refractivity contribution in [3.63, 3.8) is 0 Å². The van der Waals surface area contributed by atoms with E-state index in [9.17, 15) is 19.8 Å². The molecule has 9 heteroatoms. The number of carboxylic acids is 1. The Labute approximate surface area is 261 Å². The molecule has 44 heavy (non-hydrogen) atoms. The summed E-state index contributed by atoms with van der Waals surface area (Å²) in [6, 6.07) is 3.18. The molecule has 1 amide bonds. The summed E-state index contributed by atoms with van der Waals surface area (Å²) in [5.41, 5.74) is -0.164. The minimum Gasteiger partial charge on any atom is -0.482 e. The van der Waals surface area contributed by atoms with Gasteiger partial charge in [0.25, 0.3) is 0 Å². The molecular weight excluding hydrogens is 560 g/mol. The summed E-state index contributed by atoms with van der Waals surface area (Å²) in [4.78, 5) is 27.7. The van der Waals surface area contributed by atoms with E-state index in [0.717, 1.165) is 56.7 Å². The van der Waals surface area contributed by atoms with E-state index in [1.807, 2.05) is 13.0 Å². The smallest absolute Gasteiger partial charge is 0.413 e. The normalized spacial score (nSPS) is 37.2. The van der Waals surface area contributed by atoms with Gasteiger partial charge in [0.1, 0.15) is 17.7 Å². The number of methoxy groups -OCH3 is 1. The minimum atomic E-state index is -1.10. The fourth-order valence-corrected chi connectivity index (χ4v) is 10.4. The topological polar surface area (TPSA) is 118 Å². The highest BCUT2D eigenvalue weighted by Gasteiger charge is 2.82. The Balaban J connectivity index is 1.36. The summed E-state index contributed by atoms with van der Waals surface area (Å²) in [5.74, 6) is 0.130. The molecule has 9 nitrogen and oxygen atoms in total. The lowest BCUT2D eigenvalue weighted by Gasteiger charge is -2.75. The van der Waals surface area contributed by atoms with Crippen LogP contribution in [0.5, 0.6) is 11.5 Å². The zero-order valence-electron chi connectivity index (χ0n) is 27.4. The Bertz CT molecular complexity index is 1380. The van der Waals surface area contributed by atoms with Gasteiger partial charge in [-0.25, -0.2) is 9.59 Å². The maximum Gasteiger partial charge on any atom is 0.413 e. The number of likely N-dealkylation sites (tertiary alicyclic amines) is 1. The van der Waals surface area contributed by atoms with Gasteiger partial charge >= 0.3 is 12.1 Å². The van der Waals surface area contributed by atoms with E-state index in [4.69, 9.17) is 14.2 Å². The van der Waals surface area contributed by atoms with Crippen molar-refractivity contribution < 1.29 is 34.0 Å². The van der Waals surface area contributed by atoms with Gasteiger partial charge in [-0.05, 0) is 87.3 Å². The second-order valence-corrected chi connectivity index (χ2v) is 16.4. The molecule has 4 bridgehead atoms. The fourth-order valence-electron chi connectivity index (χ4n) is 10.4. The summed E-state index contributed by atoms with van der Waals surface area (Å²) in [5, 5.41) is 24.6. The van der Waals surface area contributed by atoms with Gasteiger partial charge < -0.3 is 29.7 Å². The predicted molar refractivity (Wildman–Crippen MR) is 164 cm³/mol. The van der Waals surface area contributed by atoms with Crippen molar-refractivity contribution in [3.8, 4) is 11.5 Å². The Morgan fingerprint density at radius 2 is 1.89 bits per heavy atom. The summed E-state index contributed by atoms with van der Waals surface area (Å²) in [7, 11) is 1.78. The quantitative estimate of drug-likeness (QED) is 0.380. The molecule has 5 fully saturated rings. The number of piperidine rings is 1. The van der Waals surface area contributed by atoms with E-state index in [1.165, 1.54) is 18.4 Å². The first-order valence-corrected chi connectivity index (χ1v) is 16.7. The summed E-state index contributed by atoms with van der Waals surface area (Å²) < 4.78 is 19.7. The SMILES string of the molecule is CO[C@]12CC[C@@]3(C[C@@H]1[C@@](C)(O)C(C)(C)C)[C@H]1Cc4ccc(OC(=O)N[C@@H](C(=O)O)C(C)C)c5c4[C@@]3(CCN1CC1CC1)C2O5. The molecule has 5 aliphatic carbocycles. The van der Waals surface area contributed by atoms with Gasteiger partial charge in [-0.1, -0.05) is 40.7 Å². The van der Waals surface area contributed by atoms with E-state index in [1.54, 1.807) is 21.0 Å². The largest absolute Gasteiger partial charge is 0.482 e. The lowest BCUT2D eigenvalue weighted by atomic mass is 9.33. The van der Waals surface area contributed by atoms with Crippen LogP contribution in [-0.4, -0.2) is 76.8 Å². The molecule has 1 aromatic rings. The van der Waals surface area contributed by atoms with E-state index < -0.39 is 29.3 Å². The van der Waals surface area contributed by atoms with Crippen LogP contribution < -0.4 is 14.8 Å². The van der Waals surface area contributed by atoms with Gasteiger partial charge in [0.05, 0.1) is 5.60 Å². The first-order valence-electron chi connectivity index (χ1n) is 16.7. The first kappa shape index (κ1) is 30.3. The Kier molecular flexibility index (Phi) is 6.60. The van der Waals surface area contributed by atoms with Crippen molar-refractivity contribution in [1.82, 2.24) is 10.2 Å². The van der Waals surface area contributed by atoms with Crippen molar-refractivity contribution in [2.24, 2.45) is 28.6 Å². The predicted octanol–water partition coefficient (Wildman–Crippen LogP) is 4.91. The van der Waals surface area contributed by atoms with Gasteiger partial charge in [0.15, 0.2) is 11.5 Å². The molecule has 0 aromatic heterocycles. The molecule has 1 aromatic carbocycles. The second kappa shape index (κ2) is 9.58. The number of hydrogen-bond acceptors (Lipinski definition) is 7. The number of rotatable bonds is 8. The van der Waals surface area contributed by atoms with Crippen molar-refractivity contribution in [2.75, 3.05) is 20.2 Å². The van der Waals surface area contributed by atoms with Crippen LogP contribution in [0.25, 0.3) is 0 Å². The van der Waals surface area contributed by atoms with Gasteiger partial charge in [-0.15, -0.1) is 0 Å². The standard InChI is InChI=1S/C35H50N2O7/c1-19(2)26(28(38)39)36-30(40)43-22-11-10-21-16-24-33-12-13-35(42-7,23(17-33)32(6,41)31(3,4)5)29-34(33,25(21)27(22)44-29)14-15-37(24)18-20-8-9-20/h10-11,19-20,23-24,26,29,41H,8-9,12-18H2,1-7H3,(H,36,40)(H,38,39)/t23-,24-,26-,29?,32-,33-,34+,35-/m1/s1. The highest BCUT2D eigenvalue weighted by atomic mass is 16.6. The molecule has 8 rings (SSSR count). The van der Waals surface area contributed by atoms with E-state index in [0.29, 0.717) is 17.5 Å². The average Bonchev–Trinajstić information content (AvgIpc) is 3.69. The zero-order valence-corrected chi connectivity index (χ0v) is 27.4. The zero-order chi connectivity index (χ0) is 31.6. The van der Waals surface area contributed by atoms with Crippen molar-refractivity contribution >= 4 is 12.1 Å². The van der Waals surface area contributed by atoms with E-state index in [-0.39, 0.29) is 34.2 Å². The minimum absolute atomic E-state index is 0.115. The second-order valence-electron chi connectivity index (χ2n) is 16.4. The maximum absolute atomic E-state index is 13.1. The molecule has 1 unspecified atom stereocenters. The molecule has 7 aliphatic rings. The molecule has 4 saturated carbocycles. The maximum atomic E-state index is 13.1. The van der Waals surface area contributed by atoms with Crippen LogP contribution in [0.2, 0.25) is 0 Å². The van der Waals surface area contributed by atoms with Crippen LogP contribution in [0.1, 0.15) is 91.2 Å². The molecule has 8 atom stereocenters. The van der Waals surface area contributed by atoms with Crippen LogP contribution in [-0.2, 0) is 21.4 Å². The number of benzene rings is 1. The third-order valence-electron chi connectivity index (χ3n) is 13.3. The Hall–Kier alpha value is -2.36. The van der Waals surface area contributed by atoms with Crippen LogP contribution in [0.15, 0.2) is 12.1 Å². The number of fused-ring (bicyclic) bond motifs is 2. The van der Waals surface area contributed by atoms with Crippen LogP contribution in [0, 0.1) is 28.6 Å². The number of carboxylic acid groups (broad SMARTS) is 1. The first-order chi connectivity index (χ1) is 20.6. The van der Waals surface area contributed by atoms with E-state index >= 15 is 0 Å². The lowest BCUT2D eigenvalue weighted by molar-refractivity contribution is -0.312. The van der Waals surface area contributed by atoms with Gasteiger partial charge in [-0.2, -0.15) is 0 Å². The number of hydrogen-bond donors (Lipinski definition) is 3. The van der Waals surface area contributed by atoms with Crippen molar-refractivity contribution in [2.45, 2.75) is 121 Å². The monoisotopic (exact) mass is 610 g/mol. The number of aliphatic hydroxyl groups is 1. The molecular formula is C35H50N2O7. The van der Waals surface area contributed by atoms with E-state index in [2.05, 4.69) is 37.1 Å². The molecule has 2 aliphatic heterocycles.